The van der Waals surface area contributed by atoms with Crippen molar-refractivity contribution in [3.63, 3.8) is 0 Å². The summed E-state index contributed by atoms with van der Waals surface area (Å²) in [4.78, 5) is 12.1. The van der Waals surface area contributed by atoms with Crippen LogP contribution in [0.5, 0.6) is 5.75 Å². The second kappa shape index (κ2) is 10.2. The third kappa shape index (κ3) is 6.04. The zero-order valence-electron chi connectivity index (χ0n) is 13.7. The summed E-state index contributed by atoms with van der Waals surface area (Å²) in [5, 5.41) is 6.79. The lowest BCUT2D eigenvalue weighted by molar-refractivity contribution is -0.122. The number of hydrogen-bond acceptors (Lipinski definition) is 3. The van der Waals surface area contributed by atoms with Gasteiger partial charge >= 0.3 is 0 Å². The van der Waals surface area contributed by atoms with Crippen LogP contribution >= 0.6 is 24.0 Å². The van der Waals surface area contributed by atoms with Crippen molar-refractivity contribution in [2.24, 2.45) is 0 Å². The van der Waals surface area contributed by atoms with E-state index in [4.69, 9.17) is 16.3 Å². The van der Waals surface area contributed by atoms with Crippen LogP contribution in [0.2, 0.25) is 5.02 Å². The van der Waals surface area contributed by atoms with Gasteiger partial charge in [-0.2, -0.15) is 0 Å². The minimum atomic E-state index is -0.301. The van der Waals surface area contributed by atoms with Crippen molar-refractivity contribution in [2.75, 3.05) is 7.11 Å². The molecular weight excluding hydrogens is 347 g/mol. The first-order chi connectivity index (χ1) is 11.1. The zero-order chi connectivity index (χ0) is 16.7. The monoisotopic (exact) mass is 368 g/mol. The Kier molecular flexibility index (Phi) is 8.61. The van der Waals surface area contributed by atoms with Gasteiger partial charge < -0.3 is 15.4 Å². The van der Waals surface area contributed by atoms with Gasteiger partial charge in [0.1, 0.15) is 5.75 Å². The maximum atomic E-state index is 12.1. The Balaban J connectivity index is 0.00000288. The molecule has 0 aliphatic carbocycles. The Bertz CT molecular complexity index is 648. The Labute approximate surface area is 154 Å². The summed E-state index contributed by atoms with van der Waals surface area (Å²) in [5.41, 5.74) is 2.00. The standard InChI is InChI=1S/C18H21ClN2O2.ClH/c1-13(20-12-15-5-3-4-6-17(15)19)18(22)21-11-14-7-9-16(23-2)10-8-14;/h3-10,13,20H,11-12H2,1-2H3,(H,21,22);1H. The molecule has 2 aromatic rings. The number of ether oxygens (including phenoxy) is 1. The molecule has 0 fully saturated rings. The molecule has 1 unspecified atom stereocenters. The molecule has 0 saturated carbocycles. The zero-order valence-corrected chi connectivity index (χ0v) is 15.3. The minimum absolute atomic E-state index is 0. The third-order valence-electron chi connectivity index (χ3n) is 3.58. The lowest BCUT2D eigenvalue weighted by Gasteiger charge is -2.15. The molecule has 0 heterocycles. The van der Waals surface area contributed by atoms with Gasteiger partial charge in [-0.3, -0.25) is 4.79 Å². The van der Waals surface area contributed by atoms with Crippen LogP contribution in [0.4, 0.5) is 0 Å². The molecule has 0 aliphatic rings. The van der Waals surface area contributed by atoms with E-state index >= 15 is 0 Å². The van der Waals surface area contributed by atoms with Gasteiger partial charge in [0.2, 0.25) is 5.91 Å². The number of carbonyl (C=O) groups excluding carboxylic acids is 1. The Morgan fingerprint density at radius 2 is 1.79 bits per heavy atom. The molecule has 130 valence electrons. The van der Waals surface area contributed by atoms with Gasteiger partial charge in [-0.05, 0) is 36.2 Å². The molecule has 1 amide bonds. The number of hydrogen-bond donors (Lipinski definition) is 2. The molecule has 0 spiro atoms. The van der Waals surface area contributed by atoms with Gasteiger partial charge in [-0.1, -0.05) is 41.9 Å². The van der Waals surface area contributed by atoms with Crippen LogP contribution < -0.4 is 15.4 Å². The lowest BCUT2D eigenvalue weighted by Crippen LogP contribution is -2.41. The van der Waals surface area contributed by atoms with Gasteiger partial charge in [0, 0.05) is 18.1 Å². The van der Waals surface area contributed by atoms with Crippen LogP contribution in [0.1, 0.15) is 18.1 Å². The lowest BCUT2D eigenvalue weighted by atomic mass is 10.2. The summed E-state index contributed by atoms with van der Waals surface area (Å²) in [6, 6.07) is 14.9. The SMILES string of the molecule is COc1ccc(CNC(=O)C(C)NCc2ccccc2Cl)cc1.Cl. The minimum Gasteiger partial charge on any atom is -0.497 e. The fourth-order valence-corrected chi connectivity index (χ4v) is 2.29. The van der Waals surface area contributed by atoms with Crippen molar-refractivity contribution < 1.29 is 9.53 Å². The summed E-state index contributed by atoms with van der Waals surface area (Å²) >= 11 is 6.10. The highest BCUT2D eigenvalue weighted by Crippen LogP contribution is 2.14. The number of carbonyl (C=O) groups is 1. The van der Waals surface area contributed by atoms with Crippen LogP contribution in [0.3, 0.4) is 0 Å². The van der Waals surface area contributed by atoms with Crippen molar-refractivity contribution >= 4 is 29.9 Å². The Hall–Kier alpha value is -1.75. The summed E-state index contributed by atoms with van der Waals surface area (Å²) in [7, 11) is 1.63. The van der Waals surface area contributed by atoms with Crippen molar-refractivity contribution in [3.8, 4) is 5.75 Å². The van der Waals surface area contributed by atoms with Crippen molar-refractivity contribution in [1.82, 2.24) is 10.6 Å². The molecule has 2 aromatic carbocycles. The molecule has 0 saturated heterocycles. The highest BCUT2D eigenvalue weighted by Gasteiger charge is 2.12. The predicted molar refractivity (Wildman–Crippen MR) is 99.8 cm³/mol. The van der Waals surface area contributed by atoms with E-state index in [1.807, 2.05) is 55.5 Å². The molecule has 24 heavy (non-hydrogen) atoms. The summed E-state index contributed by atoms with van der Waals surface area (Å²) in [6.45, 7) is 2.87. The molecule has 0 radical (unpaired) electrons. The first-order valence-corrected chi connectivity index (χ1v) is 7.85. The maximum Gasteiger partial charge on any atom is 0.237 e. The molecule has 4 nitrogen and oxygen atoms in total. The normalized spacial score (nSPS) is 11.3. The molecule has 0 aliphatic heterocycles. The number of amides is 1. The van der Waals surface area contributed by atoms with Crippen molar-refractivity contribution in [1.29, 1.82) is 0 Å². The largest absolute Gasteiger partial charge is 0.497 e. The number of halogens is 2. The molecule has 6 heteroatoms. The van der Waals surface area contributed by atoms with E-state index in [0.29, 0.717) is 18.1 Å². The van der Waals surface area contributed by atoms with E-state index in [1.165, 1.54) is 0 Å². The number of benzene rings is 2. The van der Waals surface area contributed by atoms with E-state index in [0.717, 1.165) is 16.9 Å². The first-order valence-electron chi connectivity index (χ1n) is 7.47. The summed E-state index contributed by atoms with van der Waals surface area (Å²) < 4.78 is 5.11. The highest BCUT2D eigenvalue weighted by atomic mass is 35.5. The predicted octanol–water partition coefficient (Wildman–Crippen LogP) is 3.56. The van der Waals surface area contributed by atoms with E-state index in [9.17, 15) is 4.79 Å². The van der Waals surface area contributed by atoms with Crippen LogP contribution in [0.25, 0.3) is 0 Å². The first kappa shape index (κ1) is 20.3. The van der Waals surface area contributed by atoms with Gasteiger partial charge in [-0.15, -0.1) is 12.4 Å². The van der Waals surface area contributed by atoms with E-state index in [1.54, 1.807) is 7.11 Å². The van der Waals surface area contributed by atoms with Gasteiger partial charge in [0.15, 0.2) is 0 Å². The topological polar surface area (TPSA) is 50.4 Å². The number of methoxy groups -OCH3 is 1. The average molecular weight is 369 g/mol. The molecule has 0 aromatic heterocycles. The van der Waals surface area contributed by atoms with Crippen molar-refractivity contribution in [2.45, 2.75) is 26.1 Å². The van der Waals surface area contributed by atoms with Crippen LogP contribution in [0.15, 0.2) is 48.5 Å². The molecule has 1 atom stereocenters. The Morgan fingerprint density at radius 1 is 1.12 bits per heavy atom. The molecule has 2 rings (SSSR count). The smallest absolute Gasteiger partial charge is 0.237 e. The van der Waals surface area contributed by atoms with Crippen LogP contribution in [0, 0.1) is 0 Å². The quantitative estimate of drug-likeness (QED) is 0.785. The third-order valence-corrected chi connectivity index (χ3v) is 3.94. The molecular formula is C18H22Cl2N2O2. The van der Waals surface area contributed by atoms with Gasteiger partial charge in [-0.25, -0.2) is 0 Å². The molecule has 2 N–H and O–H groups in total. The molecule has 0 bridgehead atoms. The fourth-order valence-electron chi connectivity index (χ4n) is 2.08. The van der Waals surface area contributed by atoms with Crippen LogP contribution in [-0.2, 0) is 17.9 Å². The second-order valence-corrected chi connectivity index (χ2v) is 5.67. The van der Waals surface area contributed by atoms with Gasteiger partial charge in [0.05, 0.1) is 13.2 Å². The maximum absolute atomic E-state index is 12.1. The van der Waals surface area contributed by atoms with Gasteiger partial charge in [0.25, 0.3) is 0 Å². The fraction of sp³-hybridized carbons (Fsp3) is 0.278. The Morgan fingerprint density at radius 3 is 2.42 bits per heavy atom. The number of nitrogens with one attached hydrogen (secondary N) is 2. The van der Waals surface area contributed by atoms with Crippen molar-refractivity contribution in [3.05, 3.63) is 64.7 Å². The number of rotatable bonds is 7. The van der Waals surface area contributed by atoms with Crippen LogP contribution in [-0.4, -0.2) is 19.1 Å². The second-order valence-electron chi connectivity index (χ2n) is 5.26. The van der Waals surface area contributed by atoms with E-state index < -0.39 is 0 Å². The van der Waals surface area contributed by atoms with E-state index in [2.05, 4.69) is 10.6 Å². The highest BCUT2D eigenvalue weighted by molar-refractivity contribution is 6.31. The summed E-state index contributed by atoms with van der Waals surface area (Å²) in [6.07, 6.45) is 0. The average Bonchev–Trinajstić information content (AvgIpc) is 2.59. The van der Waals surface area contributed by atoms with E-state index in [-0.39, 0.29) is 24.4 Å². The summed E-state index contributed by atoms with van der Waals surface area (Å²) in [5.74, 6) is 0.753.